The molecule has 0 aliphatic heterocycles. The van der Waals surface area contributed by atoms with E-state index in [0.29, 0.717) is 38.8 Å². The van der Waals surface area contributed by atoms with Crippen LogP contribution in [0.2, 0.25) is 5.02 Å². The molecule has 0 spiro atoms. The van der Waals surface area contributed by atoms with Gasteiger partial charge in [0.05, 0.1) is 19.5 Å². The SMILES string of the molecule is COc1cc(OC)cc(-c2nnc(SC(C)C(=O)c3ccc(Cl)cc3)o2)c1. The minimum absolute atomic E-state index is 0.0422. The molecule has 1 heterocycles. The summed E-state index contributed by atoms with van der Waals surface area (Å²) in [6.45, 7) is 1.79. The molecular weight excluding hydrogens is 388 g/mol. The van der Waals surface area contributed by atoms with Gasteiger partial charge in [-0.2, -0.15) is 0 Å². The number of hydrogen-bond donors (Lipinski definition) is 0. The van der Waals surface area contributed by atoms with E-state index in [2.05, 4.69) is 10.2 Å². The lowest BCUT2D eigenvalue weighted by Crippen LogP contribution is -2.13. The molecule has 3 rings (SSSR count). The summed E-state index contributed by atoms with van der Waals surface area (Å²) in [5.41, 5.74) is 1.25. The first-order valence-corrected chi connectivity index (χ1v) is 9.29. The molecule has 0 saturated carbocycles. The number of nitrogens with zero attached hydrogens (tertiary/aromatic N) is 2. The van der Waals surface area contributed by atoms with Crippen LogP contribution >= 0.6 is 23.4 Å². The summed E-state index contributed by atoms with van der Waals surface area (Å²) in [6.07, 6.45) is 0. The second-order valence-corrected chi connectivity index (χ2v) is 7.33. The Balaban J connectivity index is 1.76. The van der Waals surface area contributed by atoms with Crippen molar-refractivity contribution >= 4 is 29.1 Å². The maximum atomic E-state index is 12.5. The number of benzene rings is 2. The molecule has 2 aromatic carbocycles. The van der Waals surface area contributed by atoms with Crippen molar-refractivity contribution in [3.05, 3.63) is 53.1 Å². The van der Waals surface area contributed by atoms with Crippen molar-refractivity contribution in [2.24, 2.45) is 0 Å². The molecule has 0 amide bonds. The monoisotopic (exact) mass is 404 g/mol. The minimum atomic E-state index is -0.390. The molecule has 0 aliphatic carbocycles. The van der Waals surface area contributed by atoms with E-state index in [1.807, 2.05) is 0 Å². The first-order valence-electron chi connectivity index (χ1n) is 8.03. The number of ketones is 1. The highest BCUT2D eigenvalue weighted by molar-refractivity contribution is 8.00. The Morgan fingerprint density at radius 1 is 1.07 bits per heavy atom. The summed E-state index contributed by atoms with van der Waals surface area (Å²) in [7, 11) is 3.13. The van der Waals surface area contributed by atoms with Crippen LogP contribution in [0.3, 0.4) is 0 Å². The number of rotatable bonds is 7. The largest absolute Gasteiger partial charge is 0.497 e. The Bertz CT molecular complexity index is 921. The van der Waals surface area contributed by atoms with Crippen molar-refractivity contribution in [2.75, 3.05) is 14.2 Å². The van der Waals surface area contributed by atoms with Crippen LogP contribution in [0.1, 0.15) is 17.3 Å². The van der Waals surface area contributed by atoms with Crippen molar-refractivity contribution in [2.45, 2.75) is 17.4 Å². The van der Waals surface area contributed by atoms with Gasteiger partial charge in [0.25, 0.3) is 5.22 Å². The number of hydrogen-bond acceptors (Lipinski definition) is 7. The first-order chi connectivity index (χ1) is 13.0. The molecule has 0 N–H and O–H groups in total. The third-order valence-corrected chi connectivity index (χ3v) is 4.97. The summed E-state index contributed by atoms with van der Waals surface area (Å²) in [6, 6.07) is 12.1. The lowest BCUT2D eigenvalue weighted by Gasteiger charge is -2.07. The normalized spacial score (nSPS) is 11.9. The second-order valence-electron chi connectivity index (χ2n) is 5.61. The van der Waals surface area contributed by atoms with E-state index in [0.717, 1.165) is 0 Å². The van der Waals surface area contributed by atoms with Crippen molar-refractivity contribution < 1.29 is 18.7 Å². The van der Waals surface area contributed by atoms with E-state index in [1.54, 1.807) is 63.6 Å². The van der Waals surface area contributed by atoms with Gasteiger partial charge >= 0.3 is 0 Å². The highest BCUT2D eigenvalue weighted by Gasteiger charge is 2.20. The Kier molecular flexibility index (Phi) is 6.03. The molecule has 3 aromatic rings. The summed E-state index contributed by atoms with van der Waals surface area (Å²) in [5.74, 6) is 1.51. The summed E-state index contributed by atoms with van der Waals surface area (Å²) >= 11 is 7.06. The van der Waals surface area contributed by atoms with Gasteiger partial charge in [0.2, 0.25) is 5.89 Å². The molecule has 140 valence electrons. The quantitative estimate of drug-likeness (QED) is 0.414. The predicted molar refractivity (Wildman–Crippen MR) is 104 cm³/mol. The van der Waals surface area contributed by atoms with Gasteiger partial charge in [0.15, 0.2) is 5.78 Å². The fourth-order valence-electron chi connectivity index (χ4n) is 2.36. The summed E-state index contributed by atoms with van der Waals surface area (Å²) in [5, 5.41) is 8.58. The molecule has 8 heteroatoms. The van der Waals surface area contributed by atoms with E-state index in [1.165, 1.54) is 11.8 Å². The highest BCUT2D eigenvalue weighted by Crippen LogP contribution is 2.32. The van der Waals surface area contributed by atoms with Crippen molar-refractivity contribution in [1.29, 1.82) is 0 Å². The highest BCUT2D eigenvalue weighted by atomic mass is 35.5. The van der Waals surface area contributed by atoms with Crippen LogP contribution < -0.4 is 9.47 Å². The standard InChI is InChI=1S/C19H17ClN2O4S/c1-11(17(23)12-4-6-14(20)7-5-12)27-19-22-21-18(26-19)13-8-15(24-2)10-16(9-13)25-3/h4-11H,1-3H3. The number of Topliss-reactive ketones (excluding diaryl/α,β-unsaturated/α-hetero) is 1. The first kappa shape index (κ1) is 19.3. The van der Waals surface area contributed by atoms with Crippen molar-refractivity contribution in [1.82, 2.24) is 10.2 Å². The average molecular weight is 405 g/mol. The van der Waals surface area contributed by atoms with E-state index < -0.39 is 0 Å². The zero-order valence-corrected chi connectivity index (χ0v) is 16.5. The predicted octanol–water partition coefficient (Wildman–Crippen LogP) is 4.77. The molecule has 0 radical (unpaired) electrons. The minimum Gasteiger partial charge on any atom is -0.497 e. The molecule has 1 atom stereocenters. The second kappa shape index (κ2) is 8.45. The van der Waals surface area contributed by atoms with Crippen LogP contribution in [0, 0.1) is 0 Å². The van der Waals surface area contributed by atoms with Crippen LogP contribution in [-0.2, 0) is 0 Å². The van der Waals surface area contributed by atoms with Crippen LogP contribution in [0.5, 0.6) is 11.5 Å². The van der Waals surface area contributed by atoms with Crippen LogP contribution in [0.25, 0.3) is 11.5 Å². The molecule has 27 heavy (non-hydrogen) atoms. The van der Waals surface area contributed by atoms with E-state index >= 15 is 0 Å². The van der Waals surface area contributed by atoms with Gasteiger partial charge in [-0.1, -0.05) is 23.4 Å². The van der Waals surface area contributed by atoms with Gasteiger partial charge in [-0.3, -0.25) is 4.79 Å². The third kappa shape index (κ3) is 4.61. The van der Waals surface area contributed by atoms with Crippen LogP contribution in [0.4, 0.5) is 0 Å². The molecule has 0 fully saturated rings. The van der Waals surface area contributed by atoms with Gasteiger partial charge < -0.3 is 13.9 Å². The summed E-state index contributed by atoms with van der Waals surface area (Å²) < 4.78 is 16.2. The molecular formula is C19H17ClN2O4S. The van der Waals surface area contributed by atoms with Gasteiger partial charge in [-0.05, 0) is 43.3 Å². The average Bonchev–Trinajstić information content (AvgIpc) is 3.16. The molecule has 0 aliphatic rings. The van der Waals surface area contributed by atoms with Crippen LogP contribution in [-0.4, -0.2) is 35.5 Å². The van der Waals surface area contributed by atoms with Crippen LogP contribution in [0.15, 0.2) is 52.1 Å². The fraction of sp³-hybridized carbons (Fsp3) is 0.211. The van der Waals surface area contributed by atoms with Gasteiger partial charge in [0, 0.05) is 22.2 Å². The fourth-order valence-corrected chi connectivity index (χ4v) is 3.25. The lowest BCUT2D eigenvalue weighted by molar-refractivity contribution is 0.0993. The molecule has 0 bridgehead atoms. The number of carbonyl (C=O) groups excluding carboxylic acids is 1. The molecule has 6 nitrogen and oxygen atoms in total. The molecule has 1 aromatic heterocycles. The zero-order valence-electron chi connectivity index (χ0n) is 14.9. The Labute approximate surface area is 165 Å². The topological polar surface area (TPSA) is 74.5 Å². The number of aromatic nitrogens is 2. The number of halogens is 1. The maximum Gasteiger partial charge on any atom is 0.277 e. The van der Waals surface area contributed by atoms with E-state index in [9.17, 15) is 4.79 Å². The van der Waals surface area contributed by atoms with E-state index in [4.69, 9.17) is 25.5 Å². The Morgan fingerprint density at radius 3 is 2.30 bits per heavy atom. The van der Waals surface area contributed by atoms with Gasteiger partial charge in [-0.15, -0.1) is 10.2 Å². The van der Waals surface area contributed by atoms with Crippen molar-refractivity contribution in [3.8, 4) is 23.0 Å². The van der Waals surface area contributed by atoms with Gasteiger partial charge in [-0.25, -0.2) is 0 Å². The Morgan fingerprint density at radius 2 is 1.70 bits per heavy atom. The molecule has 1 unspecified atom stereocenters. The Hall–Kier alpha value is -2.51. The lowest BCUT2D eigenvalue weighted by atomic mass is 10.1. The molecule has 0 saturated heterocycles. The van der Waals surface area contributed by atoms with Crippen molar-refractivity contribution in [3.63, 3.8) is 0 Å². The third-order valence-electron chi connectivity index (χ3n) is 3.78. The number of ether oxygens (including phenoxy) is 2. The van der Waals surface area contributed by atoms with Gasteiger partial charge in [0.1, 0.15) is 11.5 Å². The number of methoxy groups -OCH3 is 2. The summed E-state index contributed by atoms with van der Waals surface area (Å²) in [4.78, 5) is 12.5. The number of thioether (sulfide) groups is 1. The zero-order chi connectivity index (χ0) is 19.4. The maximum absolute atomic E-state index is 12.5. The smallest absolute Gasteiger partial charge is 0.277 e. The number of carbonyl (C=O) groups is 1. The van der Waals surface area contributed by atoms with E-state index in [-0.39, 0.29) is 11.0 Å².